The molecule has 2 fully saturated rings. The first kappa shape index (κ1) is 13.3. The summed E-state index contributed by atoms with van der Waals surface area (Å²) in [4.78, 5) is 25.9. The van der Waals surface area contributed by atoms with Crippen LogP contribution in [-0.4, -0.2) is 49.4 Å². The number of hydrogen-bond donors (Lipinski definition) is 2. The Morgan fingerprint density at radius 2 is 2.11 bits per heavy atom. The zero-order valence-corrected chi connectivity index (χ0v) is 11.2. The molecule has 2 N–H and O–H groups in total. The zero-order chi connectivity index (χ0) is 13.1. The summed E-state index contributed by atoms with van der Waals surface area (Å²) in [5, 5.41) is 5.95. The van der Waals surface area contributed by atoms with Crippen molar-refractivity contribution in [3.63, 3.8) is 0 Å². The molecule has 0 spiro atoms. The molecule has 0 aromatic carbocycles. The fourth-order valence-corrected chi connectivity index (χ4v) is 2.96. The third kappa shape index (κ3) is 2.66. The molecule has 18 heavy (non-hydrogen) atoms. The summed E-state index contributed by atoms with van der Waals surface area (Å²) in [6.45, 7) is 4.40. The quantitative estimate of drug-likeness (QED) is 0.726. The van der Waals surface area contributed by atoms with Crippen LogP contribution in [0.2, 0.25) is 0 Å². The molecule has 2 rings (SSSR count). The van der Waals surface area contributed by atoms with Crippen molar-refractivity contribution in [1.29, 1.82) is 0 Å². The molecular formula is C13H23N3O2. The molecule has 2 amide bonds. The van der Waals surface area contributed by atoms with Gasteiger partial charge in [0.15, 0.2) is 0 Å². The first-order valence-electron chi connectivity index (χ1n) is 6.87. The molecule has 3 atom stereocenters. The Labute approximate surface area is 108 Å². The lowest BCUT2D eigenvalue weighted by atomic mass is 9.95. The fourth-order valence-electron chi connectivity index (χ4n) is 2.96. The van der Waals surface area contributed by atoms with E-state index >= 15 is 0 Å². The molecule has 2 saturated heterocycles. The Balaban J connectivity index is 1.96. The van der Waals surface area contributed by atoms with Crippen LogP contribution in [0.15, 0.2) is 0 Å². The third-order valence-corrected chi connectivity index (χ3v) is 4.15. The van der Waals surface area contributed by atoms with Gasteiger partial charge in [0, 0.05) is 20.1 Å². The lowest BCUT2D eigenvalue weighted by Gasteiger charge is -2.34. The molecule has 2 heterocycles. The average Bonchev–Trinajstić information content (AvgIpc) is 2.83. The largest absolute Gasteiger partial charge is 0.359 e. The van der Waals surface area contributed by atoms with Crippen molar-refractivity contribution in [3.8, 4) is 0 Å². The Kier molecular flexibility index (Phi) is 4.22. The summed E-state index contributed by atoms with van der Waals surface area (Å²) in [6.07, 6.45) is 2.87. The Hall–Kier alpha value is -1.10. The van der Waals surface area contributed by atoms with E-state index in [1.54, 1.807) is 7.05 Å². The minimum atomic E-state index is -0.0477. The second-order valence-corrected chi connectivity index (χ2v) is 5.44. The fraction of sp³-hybridized carbons (Fsp3) is 0.846. The lowest BCUT2D eigenvalue weighted by Crippen LogP contribution is -2.51. The van der Waals surface area contributed by atoms with Gasteiger partial charge >= 0.3 is 0 Å². The lowest BCUT2D eigenvalue weighted by molar-refractivity contribution is -0.137. The second kappa shape index (κ2) is 5.69. The van der Waals surface area contributed by atoms with Gasteiger partial charge in [-0.2, -0.15) is 0 Å². The van der Waals surface area contributed by atoms with Gasteiger partial charge in [0.1, 0.15) is 0 Å². The van der Waals surface area contributed by atoms with Crippen LogP contribution >= 0.6 is 0 Å². The van der Waals surface area contributed by atoms with E-state index in [1.165, 1.54) is 0 Å². The number of carbonyl (C=O) groups is 2. The summed E-state index contributed by atoms with van der Waals surface area (Å²) >= 11 is 0. The Morgan fingerprint density at radius 3 is 2.72 bits per heavy atom. The monoisotopic (exact) mass is 253 g/mol. The molecule has 2 aliphatic rings. The maximum absolute atomic E-state index is 12.4. The summed E-state index contributed by atoms with van der Waals surface area (Å²) in [5.41, 5.74) is 0. The number of likely N-dealkylation sites (tertiary alicyclic amines) is 1. The first-order valence-corrected chi connectivity index (χ1v) is 6.87. The highest BCUT2D eigenvalue weighted by atomic mass is 16.2. The van der Waals surface area contributed by atoms with E-state index < -0.39 is 0 Å². The molecule has 0 aliphatic carbocycles. The number of nitrogens with zero attached hydrogens (tertiary/aromatic N) is 1. The Bertz CT molecular complexity index is 332. The van der Waals surface area contributed by atoms with Crippen molar-refractivity contribution in [1.82, 2.24) is 15.5 Å². The number of piperidine rings is 1. The van der Waals surface area contributed by atoms with Gasteiger partial charge in [0.2, 0.25) is 11.8 Å². The number of hydrogen-bond acceptors (Lipinski definition) is 3. The highest BCUT2D eigenvalue weighted by Gasteiger charge is 2.35. The van der Waals surface area contributed by atoms with Crippen molar-refractivity contribution < 1.29 is 9.59 Å². The summed E-state index contributed by atoms with van der Waals surface area (Å²) in [6, 6.07) is -0.0477. The highest BCUT2D eigenvalue weighted by molar-refractivity contribution is 5.84. The van der Waals surface area contributed by atoms with Crippen LogP contribution < -0.4 is 10.6 Å². The minimum Gasteiger partial charge on any atom is -0.359 e. The molecule has 0 radical (unpaired) electrons. The van der Waals surface area contributed by atoms with Gasteiger partial charge in [-0.25, -0.2) is 0 Å². The van der Waals surface area contributed by atoms with E-state index in [2.05, 4.69) is 17.6 Å². The van der Waals surface area contributed by atoms with Gasteiger partial charge in [0.05, 0.1) is 12.0 Å². The Morgan fingerprint density at radius 1 is 1.33 bits per heavy atom. The van der Waals surface area contributed by atoms with Crippen LogP contribution in [0.3, 0.4) is 0 Å². The molecule has 2 aliphatic heterocycles. The third-order valence-electron chi connectivity index (χ3n) is 4.15. The SMILES string of the molecule is CNC(=O)C1CCCN(C(=O)C2NCCC2C)C1. The highest BCUT2D eigenvalue weighted by Crippen LogP contribution is 2.21. The number of amides is 2. The summed E-state index contributed by atoms with van der Waals surface area (Å²) in [7, 11) is 1.66. The van der Waals surface area contributed by atoms with Gasteiger partial charge in [-0.1, -0.05) is 6.92 Å². The van der Waals surface area contributed by atoms with Gasteiger partial charge in [-0.15, -0.1) is 0 Å². The molecule has 0 aromatic heterocycles. The van der Waals surface area contributed by atoms with E-state index in [9.17, 15) is 9.59 Å². The van der Waals surface area contributed by atoms with Gasteiger partial charge < -0.3 is 15.5 Å². The summed E-state index contributed by atoms with van der Waals surface area (Å²) < 4.78 is 0. The molecule has 0 aromatic rings. The maximum Gasteiger partial charge on any atom is 0.240 e. The predicted molar refractivity (Wildman–Crippen MR) is 68.9 cm³/mol. The molecule has 3 unspecified atom stereocenters. The van der Waals surface area contributed by atoms with Crippen molar-refractivity contribution in [2.75, 3.05) is 26.7 Å². The standard InChI is InChI=1S/C13H23N3O2/c1-9-5-6-15-11(9)13(18)16-7-3-4-10(8-16)12(17)14-2/h9-11,15H,3-8H2,1-2H3,(H,14,17). The van der Waals surface area contributed by atoms with Crippen LogP contribution in [0.1, 0.15) is 26.2 Å². The molecule has 102 valence electrons. The van der Waals surface area contributed by atoms with Crippen LogP contribution in [-0.2, 0) is 9.59 Å². The van der Waals surface area contributed by atoms with E-state index in [0.29, 0.717) is 12.5 Å². The van der Waals surface area contributed by atoms with E-state index in [1.807, 2.05) is 4.90 Å². The maximum atomic E-state index is 12.4. The smallest absolute Gasteiger partial charge is 0.240 e. The molecule has 5 nitrogen and oxygen atoms in total. The minimum absolute atomic E-state index is 0.0376. The van der Waals surface area contributed by atoms with Gasteiger partial charge in [0.25, 0.3) is 0 Å². The molecule has 0 saturated carbocycles. The van der Waals surface area contributed by atoms with E-state index in [4.69, 9.17) is 0 Å². The van der Waals surface area contributed by atoms with Crippen LogP contribution in [0, 0.1) is 11.8 Å². The molecule has 0 bridgehead atoms. The average molecular weight is 253 g/mol. The van der Waals surface area contributed by atoms with Crippen LogP contribution in [0.25, 0.3) is 0 Å². The second-order valence-electron chi connectivity index (χ2n) is 5.44. The summed E-state index contributed by atoms with van der Waals surface area (Å²) in [5.74, 6) is 0.593. The van der Waals surface area contributed by atoms with Crippen molar-refractivity contribution in [3.05, 3.63) is 0 Å². The van der Waals surface area contributed by atoms with Crippen LogP contribution in [0.4, 0.5) is 0 Å². The zero-order valence-electron chi connectivity index (χ0n) is 11.2. The van der Waals surface area contributed by atoms with Crippen molar-refractivity contribution in [2.45, 2.75) is 32.2 Å². The van der Waals surface area contributed by atoms with E-state index in [0.717, 1.165) is 32.4 Å². The molecular weight excluding hydrogens is 230 g/mol. The topological polar surface area (TPSA) is 61.4 Å². The predicted octanol–water partition coefficient (Wildman–Crippen LogP) is -0.0310. The van der Waals surface area contributed by atoms with Gasteiger partial charge in [-0.3, -0.25) is 9.59 Å². The van der Waals surface area contributed by atoms with Gasteiger partial charge in [-0.05, 0) is 31.7 Å². The first-order chi connectivity index (χ1) is 8.63. The normalized spacial score (nSPS) is 32.3. The van der Waals surface area contributed by atoms with Crippen molar-refractivity contribution in [2.24, 2.45) is 11.8 Å². The number of nitrogens with one attached hydrogen (secondary N) is 2. The number of rotatable bonds is 2. The molecule has 5 heteroatoms. The number of carbonyl (C=O) groups excluding carboxylic acids is 2. The van der Waals surface area contributed by atoms with Crippen LogP contribution in [0.5, 0.6) is 0 Å². The van der Waals surface area contributed by atoms with Crippen molar-refractivity contribution >= 4 is 11.8 Å². The van der Waals surface area contributed by atoms with E-state index in [-0.39, 0.29) is 23.8 Å².